The number of anilines is 2. The molecule has 0 amide bonds. The fraction of sp³-hybridized carbons (Fsp3) is 0.714. The van der Waals surface area contributed by atoms with Gasteiger partial charge in [0.25, 0.3) is 0 Å². The van der Waals surface area contributed by atoms with Crippen LogP contribution in [0.2, 0.25) is 0 Å². The molecule has 5 nitrogen and oxygen atoms in total. The Bertz CT molecular complexity index is 435. The number of hydrogen-bond donors (Lipinski definition) is 1. The lowest BCUT2D eigenvalue weighted by Gasteiger charge is -2.39. The molecule has 0 aliphatic carbocycles. The highest BCUT2D eigenvalue weighted by Gasteiger charge is 2.28. The minimum Gasteiger partial charge on any atom is -0.375 e. The molecule has 0 radical (unpaired) electrons. The lowest BCUT2D eigenvalue weighted by atomic mass is 10.0. The number of nitrogens with one attached hydrogen (secondary N) is 1. The van der Waals surface area contributed by atoms with E-state index in [1.54, 1.807) is 6.33 Å². The maximum atomic E-state index is 5.70. The van der Waals surface area contributed by atoms with Crippen molar-refractivity contribution in [2.24, 2.45) is 0 Å². The normalized spacial score (nSPS) is 23.8. The van der Waals surface area contributed by atoms with Crippen molar-refractivity contribution in [3.63, 3.8) is 0 Å². The molecule has 1 saturated heterocycles. The summed E-state index contributed by atoms with van der Waals surface area (Å²) in [5.74, 6) is 2.34. The summed E-state index contributed by atoms with van der Waals surface area (Å²) in [6.45, 7) is 10.3. The Morgan fingerprint density at radius 3 is 2.74 bits per heavy atom. The average molecular weight is 264 g/mol. The second-order valence-electron chi connectivity index (χ2n) is 5.51. The first-order valence-electron chi connectivity index (χ1n) is 6.95. The lowest BCUT2D eigenvalue weighted by Crippen LogP contribution is -2.48. The molecule has 1 fully saturated rings. The summed E-state index contributed by atoms with van der Waals surface area (Å²) in [4.78, 5) is 11.2. The summed E-state index contributed by atoms with van der Waals surface area (Å²) in [7, 11) is 1.91. The molecule has 106 valence electrons. The molecular formula is C14H24N4O. The highest BCUT2D eigenvalue weighted by molar-refractivity contribution is 5.60. The Hall–Kier alpha value is -1.36. The molecule has 0 spiro atoms. The van der Waals surface area contributed by atoms with Crippen molar-refractivity contribution in [3.8, 4) is 0 Å². The van der Waals surface area contributed by atoms with E-state index in [9.17, 15) is 0 Å². The van der Waals surface area contributed by atoms with Gasteiger partial charge >= 0.3 is 0 Å². The molecule has 2 heterocycles. The number of rotatable bonds is 3. The van der Waals surface area contributed by atoms with Gasteiger partial charge in [-0.3, -0.25) is 0 Å². The summed E-state index contributed by atoms with van der Waals surface area (Å²) in [5, 5.41) is 3.17. The number of aromatic nitrogens is 2. The Kier molecular flexibility index (Phi) is 4.24. The molecule has 5 heteroatoms. The molecule has 1 aliphatic rings. The summed E-state index contributed by atoms with van der Waals surface area (Å²) in [6, 6.07) is 0.341. The van der Waals surface area contributed by atoms with Crippen LogP contribution in [-0.2, 0) is 4.74 Å². The van der Waals surface area contributed by atoms with Gasteiger partial charge < -0.3 is 15.0 Å². The van der Waals surface area contributed by atoms with Crippen molar-refractivity contribution >= 4 is 11.6 Å². The predicted octanol–water partition coefficient (Wildman–Crippen LogP) is 2.26. The Morgan fingerprint density at radius 1 is 1.37 bits per heavy atom. The zero-order valence-corrected chi connectivity index (χ0v) is 12.5. The van der Waals surface area contributed by atoms with Crippen LogP contribution in [0.4, 0.5) is 11.6 Å². The standard InChI is InChI=1S/C14H24N4O/c1-9(2)12-13(15-5)16-8-17-14(12)18-6-11(4)19-7-10(18)3/h8-11H,6-7H2,1-5H3,(H,15,16,17). The first-order valence-corrected chi connectivity index (χ1v) is 6.95. The largest absolute Gasteiger partial charge is 0.375 e. The summed E-state index contributed by atoms with van der Waals surface area (Å²) in [5.41, 5.74) is 1.19. The van der Waals surface area contributed by atoms with Gasteiger partial charge in [0.05, 0.1) is 18.8 Å². The highest BCUT2D eigenvalue weighted by atomic mass is 16.5. The average Bonchev–Trinajstić information content (AvgIpc) is 2.40. The van der Waals surface area contributed by atoms with Gasteiger partial charge in [0.2, 0.25) is 0 Å². The smallest absolute Gasteiger partial charge is 0.137 e. The Balaban J connectivity index is 2.43. The molecule has 1 aromatic rings. The van der Waals surface area contributed by atoms with E-state index in [-0.39, 0.29) is 6.10 Å². The molecule has 0 bridgehead atoms. The van der Waals surface area contributed by atoms with Gasteiger partial charge in [-0.15, -0.1) is 0 Å². The van der Waals surface area contributed by atoms with Crippen molar-refractivity contribution in [3.05, 3.63) is 11.9 Å². The van der Waals surface area contributed by atoms with Crippen LogP contribution in [0.15, 0.2) is 6.33 Å². The second-order valence-corrected chi connectivity index (χ2v) is 5.51. The monoisotopic (exact) mass is 264 g/mol. The van der Waals surface area contributed by atoms with Crippen molar-refractivity contribution in [1.29, 1.82) is 0 Å². The zero-order valence-electron chi connectivity index (χ0n) is 12.5. The molecule has 1 N–H and O–H groups in total. The lowest BCUT2D eigenvalue weighted by molar-refractivity contribution is 0.0339. The molecule has 1 aliphatic heterocycles. The van der Waals surface area contributed by atoms with E-state index in [2.05, 4.69) is 47.9 Å². The van der Waals surface area contributed by atoms with E-state index in [4.69, 9.17) is 4.74 Å². The van der Waals surface area contributed by atoms with Crippen molar-refractivity contribution < 1.29 is 4.74 Å². The van der Waals surface area contributed by atoms with E-state index in [1.165, 1.54) is 5.56 Å². The molecule has 0 saturated carbocycles. The van der Waals surface area contributed by atoms with Gasteiger partial charge in [-0.2, -0.15) is 0 Å². The van der Waals surface area contributed by atoms with Crippen molar-refractivity contribution in [2.45, 2.75) is 45.8 Å². The van der Waals surface area contributed by atoms with Gasteiger partial charge in [0.1, 0.15) is 18.0 Å². The third kappa shape index (κ3) is 2.81. The van der Waals surface area contributed by atoms with Crippen LogP contribution in [0.3, 0.4) is 0 Å². The Morgan fingerprint density at radius 2 is 2.11 bits per heavy atom. The topological polar surface area (TPSA) is 50.3 Å². The molecular weight excluding hydrogens is 240 g/mol. The van der Waals surface area contributed by atoms with Crippen molar-refractivity contribution in [1.82, 2.24) is 9.97 Å². The van der Waals surface area contributed by atoms with Gasteiger partial charge in [-0.05, 0) is 19.8 Å². The third-order valence-electron chi connectivity index (χ3n) is 3.56. The quantitative estimate of drug-likeness (QED) is 0.907. The maximum Gasteiger partial charge on any atom is 0.137 e. The maximum absolute atomic E-state index is 5.70. The van der Waals surface area contributed by atoms with Crippen LogP contribution in [0.1, 0.15) is 39.2 Å². The number of morpholine rings is 1. The van der Waals surface area contributed by atoms with E-state index in [0.29, 0.717) is 12.0 Å². The van der Waals surface area contributed by atoms with Crippen LogP contribution in [0.5, 0.6) is 0 Å². The minimum absolute atomic E-state index is 0.240. The van der Waals surface area contributed by atoms with E-state index >= 15 is 0 Å². The van der Waals surface area contributed by atoms with Crippen molar-refractivity contribution in [2.75, 3.05) is 30.4 Å². The van der Waals surface area contributed by atoms with E-state index < -0.39 is 0 Å². The molecule has 0 aromatic carbocycles. The van der Waals surface area contributed by atoms with Crippen LogP contribution >= 0.6 is 0 Å². The van der Waals surface area contributed by atoms with Gasteiger partial charge in [-0.25, -0.2) is 9.97 Å². The number of hydrogen-bond acceptors (Lipinski definition) is 5. The SMILES string of the molecule is CNc1ncnc(N2CC(C)OCC2C)c1C(C)C. The first-order chi connectivity index (χ1) is 9.04. The van der Waals surface area contributed by atoms with Gasteiger partial charge in [0, 0.05) is 19.2 Å². The first kappa shape index (κ1) is 14.1. The third-order valence-corrected chi connectivity index (χ3v) is 3.56. The molecule has 1 aromatic heterocycles. The molecule has 2 rings (SSSR count). The molecule has 19 heavy (non-hydrogen) atoms. The van der Waals surface area contributed by atoms with Gasteiger partial charge in [0.15, 0.2) is 0 Å². The highest BCUT2D eigenvalue weighted by Crippen LogP contribution is 2.32. The van der Waals surface area contributed by atoms with Crippen LogP contribution < -0.4 is 10.2 Å². The molecule has 2 unspecified atom stereocenters. The second kappa shape index (κ2) is 5.74. The Labute approximate surface area is 115 Å². The summed E-state index contributed by atoms with van der Waals surface area (Å²) >= 11 is 0. The van der Waals surface area contributed by atoms with Gasteiger partial charge in [-0.1, -0.05) is 13.8 Å². The number of nitrogens with zero attached hydrogens (tertiary/aromatic N) is 3. The summed E-state index contributed by atoms with van der Waals surface area (Å²) in [6.07, 6.45) is 1.88. The predicted molar refractivity (Wildman–Crippen MR) is 77.9 cm³/mol. The zero-order chi connectivity index (χ0) is 14.0. The van der Waals surface area contributed by atoms with Crippen LogP contribution in [-0.4, -0.2) is 42.3 Å². The fourth-order valence-electron chi connectivity index (χ4n) is 2.54. The fourth-order valence-corrected chi connectivity index (χ4v) is 2.54. The molecule has 2 atom stereocenters. The number of ether oxygens (including phenoxy) is 1. The van der Waals surface area contributed by atoms with E-state index in [0.717, 1.165) is 24.8 Å². The van der Waals surface area contributed by atoms with E-state index in [1.807, 2.05) is 7.05 Å². The summed E-state index contributed by atoms with van der Waals surface area (Å²) < 4.78 is 5.70. The van der Waals surface area contributed by atoms with Crippen LogP contribution in [0, 0.1) is 0 Å². The minimum atomic E-state index is 0.240. The van der Waals surface area contributed by atoms with Crippen LogP contribution in [0.25, 0.3) is 0 Å².